The summed E-state index contributed by atoms with van der Waals surface area (Å²) in [5.41, 5.74) is 4.61. The quantitative estimate of drug-likeness (QED) is 0.536. The van der Waals surface area contributed by atoms with E-state index in [1.165, 1.54) is 35.1 Å². The minimum atomic E-state index is -0.358. The molecule has 1 nitrogen and oxygen atoms in total. The number of rotatable bonds is 6. The number of unbranched alkanes of at least 4 members (excludes halogenated alkanes) is 2. The van der Waals surface area contributed by atoms with E-state index in [9.17, 15) is 5.26 Å². The molecule has 0 aromatic heterocycles. The monoisotopic (exact) mass is 327 g/mol. The van der Waals surface area contributed by atoms with Crippen molar-refractivity contribution in [2.24, 2.45) is 5.41 Å². The van der Waals surface area contributed by atoms with Crippen LogP contribution in [0.15, 0.2) is 72.8 Å². The normalized spacial score (nSPS) is 19.3. The van der Waals surface area contributed by atoms with Crippen molar-refractivity contribution in [2.45, 2.75) is 39.0 Å². The molecule has 1 aliphatic rings. The molecule has 0 saturated carbocycles. The third-order valence-electron chi connectivity index (χ3n) is 5.03. The first-order chi connectivity index (χ1) is 12.3. The maximum Gasteiger partial charge on any atom is 0.0796 e. The first kappa shape index (κ1) is 17.2. The smallest absolute Gasteiger partial charge is 0.0796 e. The second-order valence-corrected chi connectivity index (χ2v) is 6.86. The van der Waals surface area contributed by atoms with Gasteiger partial charge in [0.2, 0.25) is 0 Å². The third kappa shape index (κ3) is 3.91. The molecular formula is C24H25N. The van der Waals surface area contributed by atoms with Crippen molar-refractivity contribution < 1.29 is 0 Å². The van der Waals surface area contributed by atoms with Gasteiger partial charge in [0.1, 0.15) is 0 Å². The van der Waals surface area contributed by atoms with E-state index in [2.05, 4.69) is 79.8 Å². The van der Waals surface area contributed by atoms with Gasteiger partial charge in [-0.15, -0.1) is 0 Å². The van der Waals surface area contributed by atoms with E-state index >= 15 is 0 Å². The highest BCUT2D eigenvalue weighted by Gasteiger charge is 2.30. The summed E-state index contributed by atoms with van der Waals surface area (Å²) in [5.74, 6) is 0. The highest BCUT2D eigenvalue weighted by molar-refractivity contribution is 5.83. The molecule has 0 saturated heterocycles. The lowest BCUT2D eigenvalue weighted by atomic mass is 9.73. The van der Waals surface area contributed by atoms with Crippen LogP contribution in [0.1, 0.15) is 44.6 Å². The largest absolute Gasteiger partial charge is 0.197 e. The first-order valence-corrected chi connectivity index (χ1v) is 9.22. The molecule has 1 aliphatic carbocycles. The van der Waals surface area contributed by atoms with Gasteiger partial charge in [-0.05, 0) is 35.1 Å². The topological polar surface area (TPSA) is 23.8 Å². The molecule has 0 amide bonds. The predicted molar refractivity (Wildman–Crippen MR) is 106 cm³/mol. The number of allylic oxidation sites excluding steroid dienone is 4. The van der Waals surface area contributed by atoms with E-state index in [0.717, 1.165) is 19.3 Å². The van der Waals surface area contributed by atoms with Gasteiger partial charge in [-0.1, -0.05) is 99.0 Å². The fourth-order valence-corrected chi connectivity index (χ4v) is 3.62. The summed E-state index contributed by atoms with van der Waals surface area (Å²) in [5, 5.41) is 9.86. The molecule has 0 fully saturated rings. The Kier molecular flexibility index (Phi) is 5.51. The van der Waals surface area contributed by atoms with Crippen LogP contribution >= 0.6 is 0 Å². The zero-order chi connectivity index (χ0) is 17.5. The van der Waals surface area contributed by atoms with E-state index in [-0.39, 0.29) is 5.41 Å². The summed E-state index contributed by atoms with van der Waals surface area (Å²) in [7, 11) is 0. The van der Waals surface area contributed by atoms with Crippen molar-refractivity contribution in [1.82, 2.24) is 0 Å². The Morgan fingerprint density at radius 3 is 2.40 bits per heavy atom. The van der Waals surface area contributed by atoms with Gasteiger partial charge in [0.05, 0.1) is 11.5 Å². The summed E-state index contributed by atoms with van der Waals surface area (Å²) in [4.78, 5) is 0. The Morgan fingerprint density at radius 2 is 1.68 bits per heavy atom. The molecule has 0 radical (unpaired) electrons. The number of nitrogens with zero attached hydrogens (tertiary/aromatic N) is 1. The Bertz CT molecular complexity index is 807. The van der Waals surface area contributed by atoms with Gasteiger partial charge in [-0.3, -0.25) is 0 Å². The van der Waals surface area contributed by atoms with Gasteiger partial charge in [-0.25, -0.2) is 0 Å². The number of hydrogen-bond acceptors (Lipinski definition) is 1. The molecule has 2 aromatic rings. The molecule has 1 heteroatoms. The average Bonchev–Trinajstić information content (AvgIpc) is 2.69. The molecular weight excluding hydrogens is 302 g/mol. The Hall–Kier alpha value is -2.59. The SMILES string of the molecule is CCCCCC1(C#N)C=CC=C(c2ccccc2-c2ccccc2)C1. The van der Waals surface area contributed by atoms with Gasteiger partial charge in [0.15, 0.2) is 0 Å². The molecule has 1 atom stereocenters. The molecule has 25 heavy (non-hydrogen) atoms. The number of hydrogen-bond donors (Lipinski definition) is 0. The Balaban J connectivity index is 1.92. The Morgan fingerprint density at radius 1 is 0.960 bits per heavy atom. The van der Waals surface area contributed by atoms with Crippen LogP contribution in [0.5, 0.6) is 0 Å². The van der Waals surface area contributed by atoms with Crippen molar-refractivity contribution in [2.75, 3.05) is 0 Å². The molecule has 0 bridgehead atoms. The van der Waals surface area contributed by atoms with Gasteiger partial charge in [-0.2, -0.15) is 5.26 Å². The van der Waals surface area contributed by atoms with Crippen LogP contribution in [0, 0.1) is 16.7 Å². The number of nitriles is 1. The molecule has 0 N–H and O–H groups in total. The minimum Gasteiger partial charge on any atom is -0.197 e. The van der Waals surface area contributed by atoms with Crippen LogP contribution in [0.3, 0.4) is 0 Å². The minimum absolute atomic E-state index is 0.358. The lowest BCUT2D eigenvalue weighted by molar-refractivity contribution is 0.443. The molecule has 2 aromatic carbocycles. The van der Waals surface area contributed by atoms with E-state index in [1.807, 2.05) is 6.07 Å². The Labute approximate surface area is 151 Å². The zero-order valence-electron chi connectivity index (χ0n) is 14.9. The highest BCUT2D eigenvalue weighted by Crippen LogP contribution is 2.42. The fraction of sp³-hybridized carbons (Fsp3) is 0.292. The lowest BCUT2D eigenvalue weighted by Crippen LogP contribution is -2.18. The van der Waals surface area contributed by atoms with Gasteiger partial charge < -0.3 is 0 Å². The van der Waals surface area contributed by atoms with Crippen molar-refractivity contribution >= 4 is 5.57 Å². The molecule has 1 unspecified atom stereocenters. The molecule has 0 heterocycles. The lowest BCUT2D eigenvalue weighted by Gasteiger charge is -2.28. The van der Waals surface area contributed by atoms with Crippen molar-refractivity contribution in [3.05, 3.63) is 78.4 Å². The van der Waals surface area contributed by atoms with Crippen LogP contribution < -0.4 is 0 Å². The standard InChI is InChI=1S/C24H25N/c1-2-3-9-16-24(19-25)17-10-13-21(18-24)23-15-8-7-14-22(23)20-11-5-4-6-12-20/h4-8,10-15,17H,2-3,9,16,18H2,1H3. The second kappa shape index (κ2) is 7.99. The van der Waals surface area contributed by atoms with Gasteiger partial charge >= 0.3 is 0 Å². The predicted octanol–water partition coefficient (Wildman–Crippen LogP) is 6.79. The summed E-state index contributed by atoms with van der Waals surface area (Å²) in [6, 6.07) is 21.6. The van der Waals surface area contributed by atoms with E-state index in [0.29, 0.717) is 0 Å². The maximum absolute atomic E-state index is 9.86. The molecule has 0 aliphatic heterocycles. The molecule has 126 valence electrons. The maximum atomic E-state index is 9.86. The summed E-state index contributed by atoms with van der Waals surface area (Å²) in [6.07, 6.45) is 11.6. The molecule has 0 spiro atoms. The number of benzene rings is 2. The summed E-state index contributed by atoms with van der Waals surface area (Å²) < 4.78 is 0. The van der Waals surface area contributed by atoms with Crippen LogP contribution in [0.4, 0.5) is 0 Å². The van der Waals surface area contributed by atoms with Crippen LogP contribution in [-0.2, 0) is 0 Å². The molecule has 3 rings (SSSR count). The third-order valence-corrected chi connectivity index (χ3v) is 5.03. The van der Waals surface area contributed by atoms with Crippen molar-refractivity contribution in [1.29, 1.82) is 5.26 Å². The van der Waals surface area contributed by atoms with E-state index in [4.69, 9.17) is 0 Å². The van der Waals surface area contributed by atoms with Gasteiger partial charge in [0, 0.05) is 0 Å². The highest BCUT2D eigenvalue weighted by atomic mass is 14.4. The second-order valence-electron chi connectivity index (χ2n) is 6.86. The van der Waals surface area contributed by atoms with Gasteiger partial charge in [0.25, 0.3) is 0 Å². The van der Waals surface area contributed by atoms with Crippen molar-refractivity contribution in [3.63, 3.8) is 0 Å². The van der Waals surface area contributed by atoms with Crippen LogP contribution in [0.2, 0.25) is 0 Å². The zero-order valence-corrected chi connectivity index (χ0v) is 14.9. The summed E-state index contributed by atoms with van der Waals surface area (Å²) in [6.45, 7) is 2.21. The first-order valence-electron chi connectivity index (χ1n) is 9.22. The summed E-state index contributed by atoms with van der Waals surface area (Å²) >= 11 is 0. The van der Waals surface area contributed by atoms with Crippen LogP contribution in [-0.4, -0.2) is 0 Å². The van der Waals surface area contributed by atoms with Crippen LogP contribution in [0.25, 0.3) is 16.7 Å². The fourth-order valence-electron chi connectivity index (χ4n) is 3.62. The van der Waals surface area contributed by atoms with Crippen molar-refractivity contribution in [3.8, 4) is 17.2 Å². The van der Waals surface area contributed by atoms with E-state index < -0.39 is 0 Å². The average molecular weight is 327 g/mol. The van der Waals surface area contributed by atoms with E-state index in [1.54, 1.807) is 0 Å².